The summed E-state index contributed by atoms with van der Waals surface area (Å²) in [6.07, 6.45) is -52.6. The molecule has 9 aliphatic rings. The van der Waals surface area contributed by atoms with Crippen LogP contribution in [0.5, 0.6) is 0 Å². The van der Waals surface area contributed by atoms with Crippen LogP contribution in [0.4, 0.5) is 0 Å². The minimum Gasteiger partial charge on any atom is -0.394 e. The molecule has 4 amide bonds. The van der Waals surface area contributed by atoms with E-state index >= 15 is 0 Å². The van der Waals surface area contributed by atoms with Crippen molar-refractivity contribution in [2.24, 2.45) is 0 Å². The molecule has 147 heavy (non-hydrogen) atoms. The molecule has 0 aromatic carbocycles. The van der Waals surface area contributed by atoms with Crippen LogP contribution >= 0.6 is 0 Å². The lowest BCUT2D eigenvalue weighted by Crippen LogP contribution is -2.71. The number of carbonyl (C=O) groups is 4. The summed E-state index contributed by atoms with van der Waals surface area (Å²) < 4.78 is 108. The van der Waals surface area contributed by atoms with E-state index in [-0.39, 0.29) is 12.3 Å². The second-order valence-electron chi connectivity index (χ2n) is 39.8. The van der Waals surface area contributed by atoms with Crippen LogP contribution in [0, 0.1) is 0 Å². The fourth-order valence-corrected chi connectivity index (χ4v) is 19.9. The van der Waals surface area contributed by atoms with E-state index in [9.17, 15) is 147 Å². The molecule has 0 aliphatic carbocycles. The summed E-state index contributed by atoms with van der Waals surface area (Å²) in [4.78, 5) is 53.3. The molecule has 9 fully saturated rings. The Hall–Kier alpha value is -4.10. The summed E-state index contributed by atoms with van der Waals surface area (Å²) in [5, 5.41) is 294. The molecule has 9 aliphatic heterocycles. The third-order valence-corrected chi connectivity index (χ3v) is 28.4. The number of rotatable bonds is 61. The number of aliphatic hydroxyl groups excluding tert-OH is 25. The van der Waals surface area contributed by atoms with Gasteiger partial charge in [0.1, 0.15) is 213 Å². The Morgan fingerprint density at radius 2 is 0.558 bits per heavy atom. The van der Waals surface area contributed by atoms with Crippen molar-refractivity contribution in [3.8, 4) is 0 Å². The van der Waals surface area contributed by atoms with Crippen molar-refractivity contribution < 1.29 is 232 Å². The van der Waals surface area contributed by atoms with E-state index in [0.717, 1.165) is 78.6 Å². The number of hydrogen-bond acceptors (Lipinski definition) is 47. The molecular formula is C96H170N4O47. The molecule has 0 aromatic rings. The summed E-state index contributed by atoms with van der Waals surface area (Å²) in [5.74, 6) is -3.21. The maximum absolute atomic E-state index is 13.6. The fraction of sp³-hybridized carbons (Fsp3) is 0.938. The highest BCUT2D eigenvalue weighted by Gasteiger charge is 2.62. The van der Waals surface area contributed by atoms with Crippen molar-refractivity contribution >= 4 is 23.6 Å². The van der Waals surface area contributed by atoms with Gasteiger partial charge in [-0.25, -0.2) is 0 Å². The molecule has 0 saturated carbocycles. The molecular weight excluding hydrogens is 1960 g/mol. The van der Waals surface area contributed by atoms with Crippen LogP contribution in [0.25, 0.3) is 0 Å². The predicted octanol–water partition coefficient (Wildman–Crippen LogP) is -7.78. The molecule has 0 spiro atoms. The lowest BCUT2D eigenvalue weighted by atomic mass is 9.93. The first-order valence-electron chi connectivity index (χ1n) is 52.4. The van der Waals surface area contributed by atoms with Crippen LogP contribution in [-0.4, -0.2) is 499 Å². The van der Waals surface area contributed by atoms with E-state index in [0.29, 0.717) is 12.8 Å². The van der Waals surface area contributed by atoms with Crippen molar-refractivity contribution in [1.82, 2.24) is 21.3 Å². The molecule has 51 nitrogen and oxygen atoms in total. The van der Waals surface area contributed by atoms with Crippen LogP contribution in [0.2, 0.25) is 0 Å². The smallest absolute Gasteiger partial charge is 0.220 e. The number of nitrogens with one attached hydrogen (secondary N) is 4. The fourth-order valence-electron chi connectivity index (χ4n) is 19.9. The van der Waals surface area contributed by atoms with Gasteiger partial charge in [-0.3, -0.25) is 19.2 Å². The van der Waals surface area contributed by atoms with Crippen LogP contribution in [0.3, 0.4) is 0 Å². The van der Waals surface area contributed by atoms with Gasteiger partial charge in [0.2, 0.25) is 23.6 Å². The SMILES string of the molecule is CCCCCCCCCCCCC/C=C/[C@@H](O)[C@H](CO[C@@H]1OC(CO)[C@@H](O[C@@H]2OC(CO)[C@H](O)[C@H](O[C@@H]3OC(CO)[C@@H](O[C@@H]4OC(CO)[C@H](O)[C@H](O[C@@H]5OC(CO)[C@@H](O[C@@H]6OC(CO)[C@H](O)[C@H](O[C@@H]7OC(CO)[C@@H](O[C@@H]8OC(CO)[C@H](O)[C@H](O)C8O)[C@H](O[C@H]8OC(C)[C@@H](O)C(O)[C@@H]8O)C7NC(C)=O)C6O)[C@H](O)C5NC(C)=O)C4O)[C@H](O)C3NC(C)=O)C2O)[C@H](O)C1O)NC(=O)CCCCCCCCCCCCCCCCC. The molecule has 18 unspecified atom stereocenters. The van der Waals surface area contributed by atoms with Crippen LogP contribution in [0.15, 0.2) is 12.2 Å². The van der Waals surface area contributed by atoms with E-state index in [4.69, 9.17) is 85.3 Å². The van der Waals surface area contributed by atoms with Crippen molar-refractivity contribution in [3.05, 3.63) is 12.2 Å². The van der Waals surface area contributed by atoms with Crippen LogP contribution in [0.1, 0.15) is 221 Å². The monoisotopic (exact) mass is 2130 g/mol. The molecule has 9 saturated heterocycles. The Morgan fingerprint density at radius 3 is 0.932 bits per heavy atom. The Labute approximate surface area is 854 Å². The summed E-state index contributed by atoms with van der Waals surface area (Å²) in [6, 6.07) is -6.94. The van der Waals surface area contributed by atoms with Gasteiger partial charge in [0.05, 0.1) is 77.7 Å². The van der Waals surface area contributed by atoms with E-state index in [1.54, 1.807) is 6.08 Å². The van der Waals surface area contributed by atoms with Gasteiger partial charge in [0.25, 0.3) is 0 Å². The normalized spacial score (nSPS) is 40.6. The summed E-state index contributed by atoms with van der Waals surface area (Å²) in [5.41, 5.74) is 0. The largest absolute Gasteiger partial charge is 0.394 e. The number of hydrogen-bond donors (Lipinski definition) is 29. The van der Waals surface area contributed by atoms with Gasteiger partial charge in [0.15, 0.2) is 56.6 Å². The van der Waals surface area contributed by atoms with Crippen LogP contribution in [-0.2, 0) is 104 Å². The van der Waals surface area contributed by atoms with Gasteiger partial charge in [0, 0.05) is 27.2 Å². The molecule has 29 N–H and O–H groups in total. The number of allylic oxidation sites excluding steroid dienone is 1. The second-order valence-corrected chi connectivity index (χ2v) is 39.8. The van der Waals surface area contributed by atoms with Gasteiger partial charge in [-0.2, -0.15) is 0 Å². The molecule has 0 bridgehead atoms. The van der Waals surface area contributed by atoms with Crippen LogP contribution < -0.4 is 21.3 Å². The summed E-state index contributed by atoms with van der Waals surface area (Å²) >= 11 is 0. The minimum atomic E-state index is -2.40. The maximum Gasteiger partial charge on any atom is 0.220 e. The lowest BCUT2D eigenvalue weighted by molar-refractivity contribution is -0.394. The highest BCUT2D eigenvalue weighted by molar-refractivity contribution is 5.76. The zero-order chi connectivity index (χ0) is 108. The van der Waals surface area contributed by atoms with Crippen molar-refractivity contribution in [2.75, 3.05) is 59.5 Å². The standard InChI is InChI=1S/C96H170N4O47/c1-7-9-11-13-15-17-19-21-22-24-26-28-30-32-34-36-60(113)100-50(51(112)35-33-31-29-27-25-23-20-18-16-14-12-10-8-2)45-130-91-76(126)73(123)82(58(43-107)139-91)142-96-78(128)86(67(117)54(39-103)135-96)146-89-62(98-48(5)110)69(119)80(56(41-105)137-89)140-94-77(127)85(66(116)53(38-102)133-94)145-88-61(97-47(4)109)70(120)81(57(42-106)136-88)141-95-79(129)87(68(118)55(40-104)134-95)147-90-63(99-49(6)111)84(144-92-74(124)71(121)64(114)46(3)131-92)83(59(44-108)138-90)143-93-75(125)72(122)65(115)52(37-101)132-93/h33,35,46,50-59,61-96,101-108,112,114-129H,7-32,34,36-45H2,1-6H3,(H,97,109)(H,98,110)(H,99,111)(H,100,113)/b35-33+/t46?,50-,51+,52?,53?,54?,55?,56?,57?,58?,59?,61?,62?,63?,64+,65-,66-,67-,68-,69+,70+,71?,72-,73+,74-,75?,76?,77?,78?,79?,80+,81+,82+,83+,84+,85-,86-,87-,88-,89-,90-,91+,92+,93-,94-,95-,96-/m0/s1. The van der Waals surface area contributed by atoms with Crippen molar-refractivity contribution in [2.45, 2.75) is 510 Å². The molecule has 47 atom stereocenters. The topological polar surface area (TPSA) is 788 Å². The molecule has 9 heterocycles. The third-order valence-electron chi connectivity index (χ3n) is 28.4. The number of aliphatic hydroxyl groups is 25. The second kappa shape index (κ2) is 63.9. The van der Waals surface area contributed by atoms with Gasteiger partial charge in [-0.05, 0) is 26.2 Å². The predicted molar refractivity (Wildman–Crippen MR) is 502 cm³/mol. The zero-order valence-corrected chi connectivity index (χ0v) is 84.6. The Kier molecular flexibility index (Phi) is 55.0. The number of amides is 4. The number of carbonyl (C=O) groups excluding carboxylic acids is 4. The van der Waals surface area contributed by atoms with E-state index < -0.39 is 365 Å². The highest BCUT2D eigenvalue weighted by atomic mass is 16.8. The first-order valence-corrected chi connectivity index (χ1v) is 52.4. The minimum absolute atomic E-state index is 0.146. The molecule has 9 rings (SSSR count). The van der Waals surface area contributed by atoms with Crippen molar-refractivity contribution in [3.63, 3.8) is 0 Å². The lowest BCUT2D eigenvalue weighted by Gasteiger charge is -2.52. The quantitative estimate of drug-likeness (QED) is 0.0199. The average molecular weight is 2130 g/mol. The average Bonchev–Trinajstić information content (AvgIpc) is 0.757. The molecule has 0 aromatic heterocycles. The molecule has 856 valence electrons. The Balaban J connectivity index is 0.853. The van der Waals surface area contributed by atoms with Gasteiger partial charge in [-0.15, -0.1) is 0 Å². The summed E-state index contributed by atoms with van der Waals surface area (Å²) in [6.45, 7) is -0.734. The van der Waals surface area contributed by atoms with Gasteiger partial charge >= 0.3 is 0 Å². The van der Waals surface area contributed by atoms with E-state index in [2.05, 4.69) is 35.1 Å². The van der Waals surface area contributed by atoms with E-state index in [1.165, 1.54) is 110 Å². The summed E-state index contributed by atoms with van der Waals surface area (Å²) in [7, 11) is 0. The van der Waals surface area contributed by atoms with Gasteiger partial charge < -0.3 is 234 Å². The van der Waals surface area contributed by atoms with Crippen molar-refractivity contribution in [1.29, 1.82) is 0 Å². The highest BCUT2D eigenvalue weighted by Crippen LogP contribution is 2.42. The number of ether oxygens (including phenoxy) is 18. The first kappa shape index (κ1) is 126. The zero-order valence-electron chi connectivity index (χ0n) is 84.6. The maximum atomic E-state index is 13.6. The first-order chi connectivity index (χ1) is 70.4. The van der Waals surface area contributed by atoms with E-state index in [1.807, 2.05) is 6.08 Å². The Bertz CT molecular complexity index is 3720. The Morgan fingerprint density at radius 1 is 0.279 bits per heavy atom. The molecule has 0 radical (unpaired) electrons. The third kappa shape index (κ3) is 35.2. The number of unbranched alkanes of at least 4 members (excludes halogenated alkanes) is 25. The molecule has 51 heteroatoms. The van der Waals surface area contributed by atoms with Gasteiger partial charge in [-0.1, -0.05) is 180 Å².